The average molecular weight is 402 g/mol. The van der Waals surface area contributed by atoms with Gasteiger partial charge in [0.2, 0.25) is 11.8 Å². The fourth-order valence-electron chi connectivity index (χ4n) is 3.32. The van der Waals surface area contributed by atoms with Crippen LogP contribution in [0.15, 0.2) is 29.4 Å². The molecule has 0 saturated carbocycles. The van der Waals surface area contributed by atoms with E-state index < -0.39 is 0 Å². The van der Waals surface area contributed by atoms with Gasteiger partial charge in [0.05, 0.1) is 5.75 Å². The number of carbonyl (C=O) groups excluding carboxylic acids is 2. The van der Waals surface area contributed by atoms with Crippen LogP contribution >= 0.6 is 11.8 Å². The number of hydrogen-bond donors (Lipinski definition) is 1. The highest BCUT2D eigenvalue weighted by atomic mass is 32.2. The summed E-state index contributed by atoms with van der Waals surface area (Å²) in [6.45, 7) is 6.89. The highest BCUT2D eigenvalue weighted by Gasteiger charge is 2.18. The van der Waals surface area contributed by atoms with Crippen molar-refractivity contribution in [2.45, 2.75) is 44.8 Å². The van der Waals surface area contributed by atoms with Crippen molar-refractivity contribution in [2.75, 3.05) is 25.4 Å². The molecule has 1 fully saturated rings. The molecule has 3 rings (SSSR count). The zero-order valence-corrected chi connectivity index (χ0v) is 17.3. The Morgan fingerprint density at radius 3 is 2.64 bits per heavy atom. The highest BCUT2D eigenvalue weighted by Crippen LogP contribution is 2.26. The molecule has 150 valence electrons. The van der Waals surface area contributed by atoms with Crippen LogP contribution in [0.4, 0.5) is 0 Å². The van der Waals surface area contributed by atoms with E-state index in [0.29, 0.717) is 13.0 Å². The van der Waals surface area contributed by atoms with Gasteiger partial charge in [-0.05, 0) is 32.3 Å². The lowest BCUT2D eigenvalue weighted by Gasteiger charge is -2.15. The van der Waals surface area contributed by atoms with Crippen molar-refractivity contribution in [1.29, 1.82) is 0 Å². The third-order valence-corrected chi connectivity index (χ3v) is 5.84. The Kier molecular flexibility index (Phi) is 7.08. The Morgan fingerprint density at radius 2 is 1.93 bits per heavy atom. The number of amides is 2. The summed E-state index contributed by atoms with van der Waals surface area (Å²) in [7, 11) is 0. The van der Waals surface area contributed by atoms with Gasteiger partial charge in [-0.25, -0.2) is 0 Å². The van der Waals surface area contributed by atoms with Crippen LogP contribution in [0.1, 0.15) is 31.7 Å². The van der Waals surface area contributed by atoms with Gasteiger partial charge in [-0.3, -0.25) is 9.59 Å². The van der Waals surface area contributed by atoms with Crippen molar-refractivity contribution >= 4 is 23.6 Å². The molecule has 1 N–H and O–H groups in total. The first-order valence-corrected chi connectivity index (χ1v) is 10.7. The highest BCUT2D eigenvalue weighted by molar-refractivity contribution is 7.99. The van der Waals surface area contributed by atoms with Gasteiger partial charge in [0.1, 0.15) is 0 Å². The molecule has 1 aliphatic heterocycles. The van der Waals surface area contributed by atoms with E-state index in [-0.39, 0.29) is 17.6 Å². The fourth-order valence-corrected chi connectivity index (χ4v) is 4.15. The second-order valence-electron chi connectivity index (χ2n) is 6.84. The number of aryl methyl sites for hydroxylation is 1. The Hall–Kier alpha value is -2.35. The second kappa shape index (κ2) is 9.73. The lowest BCUT2D eigenvalue weighted by molar-refractivity contribution is -0.130. The summed E-state index contributed by atoms with van der Waals surface area (Å²) in [6.07, 6.45) is 2.52. The van der Waals surface area contributed by atoms with Gasteiger partial charge in [0, 0.05) is 38.2 Å². The maximum Gasteiger partial charge on any atom is 0.230 e. The third kappa shape index (κ3) is 4.92. The molecule has 0 aliphatic carbocycles. The molecular formula is C20H27N5O2S. The van der Waals surface area contributed by atoms with Gasteiger partial charge in [-0.15, -0.1) is 10.2 Å². The van der Waals surface area contributed by atoms with E-state index >= 15 is 0 Å². The smallest absolute Gasteiger partial charge is 0.230 e. The molecule has 1 aromatic heterocycles. The molecule has 0 spiro atoms. The van der Waals surface area contributed by atoms with Crippen LogP contribution in [0.5, 0.6) is 0 Å². The van der Waals surface area contributed by atoms with Crippen molar-refractivity contribution in [1.82, 2.24) is 25.0 Å². The Morgan fingerprint density at radius 1 is 1.18 bits per heavy atom. The summed E-state index contributed by atoms with van der Waals surface area (Å²) < 4.78 is 2.02. The van der Waals surface area contributed by atoms with E-state index in [1.54, 1.807) is 0 Å². The SMILES string of the molecule is CCn1c(SCC(=O)NCCC(=O)N2CCCC2)nnc1-c1ccccc1C. The number of thioether (sulfide) groups is 1. The molecule has 0 bridgehead atoms. The minimum Gasteiger partial charge on any atom is -0.355 e. The average Bonchev–Trinajstić information content (AvgIpc) is 3.36. The Bertz CT molecular complexity index is 830. The van der Waals surface area contributed by atoms with Crippen molar-refractivity contribution in [3.05, 3.63) is 29.8 Å². The van der Waals surface area contributed by atoms with Crippen molar-refractivity contribution in [3.63, 3.8) is 0 Å². The number of benzene rings is 1. The van der Waals surface area contributed by atoms with E-state index in [1.807, 2.05) is 47.6 Å². The lowest BCUT2D eigenvalue weighted by Crippen LogP contribution is -2.33. The Balaban J connectivity index is 1.51. The first kappa shape index (κ1) is 20.4. The van der Waals surface area contributed by atoms with Crippen LogP contribution < -0.4 is 5.32 Å². The van der Waals surface area contributed by atoms with Gasteiger partial charge in [-0.2, -0.15) is 0 Å². The van der Waals surface area contributed by atoms with Gasteiger partial charge in [-0.1, -0.05) is 36.0 Å². The number of hydrogen-bond acceptors (Lipinski definition) is 5. The summed E-state index contributed by atoms with van der Waals surface area (Å²) in [5.74, 6) is 1.10. The van der Waals surface area contributed by atoms with E-state index in [1.165, 1.54) is 11.8 Å². The van der Waals surface area contributed by atoms with Crippen LogP contribution in [-0.2, 0) is 16.1 Å². The van der Waals surface area contributed by atoms with Crippen LogP contribution in [0.25, 0.3) is 11.4 Å². The first-order chi connectivity index (χ1) is 13.6. The predicted octanol–water partition coefficient (Wildman–Crippen LogP) is 2.49. The number of aromatic nitrogens is 3. The molecule has 0 unspecified atom stereocenters. The molecule has 28 heavy (non-hydrogen) atoms. The molecule has 1 saturated heterocycles. The minimum absolute atomic E-state index is 0.0951. The zero-order valence-electron chi connectivity index (χ0n) is 16.5. The molecule has 2 amide bonds. The number of likely N-dealkylation sites (tertiary alicyclic amines) is 1. The number of nitrogens with one attached hydrogen (secondary N) is 1. The standard InChI is InChI=1S/C20H27N5O2S/c1-3-25-19(16-9-5-4-8-15(16)2)22-23-20(25)28-14-17(26)21-11-10-18(27)24-12-6-7-13-24/h4-5,8-9H,3,6-7,10-14H2,1-2H3,(H,21,26). The number of rotatable bonds is 8. The maximum atomic E-state index is 12.1. The van der Waals surface area contributed by atoms with Crippen molar-refractivity contribution in [3.8, 4) is 11.4 Å². The normalized spacial score (nSPS) is 13.7. The molecular weight excluding hydrogens is 374 g/mol. The maximum absolute atomic E-state index is 12.1. The molecule has 0 atom stereocenters. The first-order valence-electron chi connectivity index (χ1n) is 9.76. The fraction of sp³-hybridized carbons (Fsp3) is 0.500. The van der Waals surface area contributed by atoms with Gasteiger partial charge < -0.3 is 14.8 Å². The minimum atomic E-state index is -0.0951. The monoisotopic (exact) mass is 401 g/mol. The topological polar surface area (TPSA) is 80.1 Å². The summed E-state index contributed by atoms with van der Waals surface area (Å²) in [5, 5.41) is 12.2. The van der Waals surface area contributed by atoms with Crippen LogP contribution in [0.3, 0.4) is 0 Å². The van der Waals surface area contributed by atoms with E-state index in [9.17, 15) is 9.59 Å². The van der Waals surface area contributed by atoms with Crippen LogP contribution in [0.2, 0.25) is 0 Å². The van der Waals surface area contributed by atoms with Gasteiger partial charge in [0.25, 0.3) is 0 Å². The lowest BCUT2D eigenvalue weighted by atomic mass is 10.1. The van der Waals surface area contributed by atoms with Gasteiger partial charge >= 0.3 is 0 Å². The molecule has 0 radical (unpaired) electrons. The van der Waals surface area contributed by atoms with E-state index in [2.05, 4.69) is 15.5 Å². The molecule has 1 aliphatic rings. The predicted molar refractivity (Wildman–Crippen MR) is 110 cm³/mol. The van der Waals surface area contributed by atoms with Gasteiger partial charge in [0.15, 0.2) is 11.0 Å². The van der Waals surface area contributed by atoms with Crippen LogP contribution in [0, 0.1) is 6.92 Å². The molecule has 8 heteroatoms. The zero-order chi connectivity index (χ0) is 19.9. The molecule has 2 aromatic rings. The summed E-state index contributed by atoms with van der Waals surface area (Å²) in [5.41, 5.74) is 2.19. The van der Waals surface area contributed by atoms with Crippen molar-refractivity contribution < 1.29 is 9.59 Å². The summed E-state index contributed by atoms with van der Waals surface area (Å²) in [4.78, 5) is 26.0. The molecule has 7 nitrogen and oxygen atoms in total. The molecule has 2 heterocycles. The number of carbonyl (C=O) groups is 2. The van der Waals surface area contributed by atoms with Crippen molar-refractivity contribution in [2.24, 2.45) is 0 Å². The molecule has 1 aromatic carbocycles. The quantitative estimate of drug-likeness (QED) is 0.688. The largest absolute Gasteiger partial charge is 0.355 e. The second-order valence-corrected chi connectivity index (χ2v) is 7.78. The van der Waals surface area contributed by atoms with E-state index in [0.717, 1.165) is 54.6 Å². The summed E-state index contributed by atoms with van der Waals surface area (Å²) in [6, 6.07) is 8.07. The summed E-state index contributed by atoms with van der Waals surface area (Å²) >= 11 is 1.37. The third-order valence-electron chi connectivity index (χ3n) is 4.87. The van der Waals surface area contributed by atoms with Crippen LogP contribution in [-0.4, -0.2) is 56.9 Å². The van der Waals surface area contributed by atoms with E-state index in [4.69, 9.17) is 0 Å². The number of nitrogens with zero attached hydrogens (tertiary/aromatic N) is 4. The Labute approximate surface area is 169 Å².